The first kappa shape index (κ1) is 18.6. The number of carbonyl (C=O) groups is 1. The highest BCUT2D eigenvalue weighted by Gasteiger charge is 2.28. The van der Waals surface area contributed by atoms with Crippen LogP contribution >= 0.6 is 0 Å². The fourth-order valence-corrected chi connectivity index (χ4v) is 3.40. The Kier molecular flexibility index (Phi) is 6.03. The maximum atomic E-state index is 12.3. The first-order valence-corrected chi connectivity index (χ1v) is 9.31. The smallest absolute Gasteiger partial charge is 0.248 e. The molecule has 26 heavy (non-hydrogen) atoms. The lowest BCUT2D eigenvalue weighted by Crippen LogP contribution is -2.41. The lowest BCUT2D eigenvalue weighted by Gasteiger charge is -2.32. The van der Waals surface area contributed by atoms with E-state index < -0.39 is 0 Å². The van der Waals surface area contributed by atoms with Crippen LogP contribution in [-0.4, -0.2) is 61.4 Å². The van der Waals surface area contributed by atoms with E-state index >= 15 is 0 Å². The number of aromatic nitrogens is 5. The number of ether oxygens (including phenoxy) is 1. The van der Waals surface area contributed by atoms with Crippen molar-refractivity contribution in [3.63, 3.8) is 0 Å². The number of hydrogen-bond donors (Lipinski definition) is 0. The number of hydrogen-bond acceptors (Lipinski definition) is 5. The summed E-state index contributed by atoms with van der Waals surface area (Å²) in [4.78, 5) is 18.5. The lowest BCUT2D eigenvalue weighted by atomic mass is 9.97. The SMILES string of the molecule is CCCOCC(=O)N1CCC[C@H](c2nnc(Cn3ccnc3C)n2C)C1. The summed E-state index contributed by atoms with van der Waals surface area (Å²) < 4.78 is 9.52. The molecule has 1 atom stereocenters. The molecule has 8 nitrogen and oxygen atoms in total. The molecule has 1 amide bonds. The van der Waals surface area contributed by atoms with E-state index in [0.29, 0.717) is 19.7 Å². The summed E-state index contributed by atoms with van der Waals surface area (Å²) in [6.45, 7) is 6.94. The molecule has 0 saturated carbocycles. The molecular formula is C18H28N6O2. The molecular weight excluding hydrogens is 332 g/mol. The number of nitrogens with zero attached hydrogens (tertiary/aromatic N) is 6. The van der Waals surface area contributed by atoms with Crippen molar-refractivity contribution >= 4 is 5.91 Å². The molecule has 8 heteroatoms. The van der Waals surface area contributed by atoms with Crippen molar-refractivity contribution in [3.05, 3.63) is 29.9 Å². The summed E-state index contributed by atoms with van der Waals surface area (Å²) in [5, 5.41) is 8.80. The van der Waals surface area contributed by atoms with Gasteiger partial charge in [0.2, 0.25) is 5.91 Å². The van der Waals surface area contributed by atoms with E-state index in [-0.39, 0.29) is 18.4 Å². The summed E-state index contributed by atoms with van der Waals surface area (Å²) in [6.07, 6.45) is 6.66. The van der Waals surface area contributed by atoms with Crippen LogP contribution in [0.5, 0.6) is 0 Å². The number of rotatable bonds is 7. The normalized spacial score (nSPS) is 17.7. The first-order chi connectivity index (χ1) is 12.6. The predicted octanol–water partition coefficient (Wildman–Crippen LogP) is 1.50. The van der Waals surface area contributed by atoms with Crippen molar-refractivity contribution in [2.75, 3.05) is 26.3 Å². The third-order valence-electron chi connectivity index (χ3n) is 4.95. The quantitative estimate of drug-likeness (QED) is 0.699. The van der Waals surface area contributed by atoms with Crippen LogP contribution in [-0.2, 0) is 23.1 Å². The van der Waals surface area contributed by atoms with Crippen molar-refractivity contribution in [3.8, 4) is 0 Å². The van der Waals surface area contributed by atoms with Crippen LogP contribution in [0.4, 0.5) is 0 Å². The lowest BCUT2D eigenvalue weighted by molar-refractivity contribution is -0.137. The second-order valence-corrected chi connectivity index (χ2v) is 6.87. The van der Waals surface area contributed by atoms with Crippen LogP contribution in [0.2, 0.25) is 0 Å². The Morgan fingerprint density at radius 1 is 1.38 bits per heavy atom. The van der Waals surface area contributed by atoms with Gasteiger partial charge in [-0.2, -0.15) is 0 Å². The monoisotopic (exact) mass is 360 g/mol. The minimum absolute atomic E-state index is 0.0691. The highest BCUT2D eigenvalue weighted by molar-refractivity contribution is 5.77. The Labute approximate surface area is 154 Å². The summed E-state index contributed by atoms with van der Waals surface area (Å²) in [7, 11) is 2.00. The van der Waals surface area contributed by atoms with Crippen molar-refractivity contribution in [1.82, 2.24) is 29.2 Å². The minimum atomic E-state index is 0.0691. The summed E-state index contributed by atoms with van der Waals surface area (Å²) in [5.74, 6) is 3.09. The molecule has 0 unspecified atom stereocenters. The van der Waals surface area contributed by atoms with Crippen LogP contribution in [0.1, 0.15) is 49.6 Å². The van der Waals surface area contributed by atoms with Crippen LogP contribution in [0.15, 0.2) is 12.4 Å². The maximum Gasteiger partial charge on any atom is 0.248 e. The van der Waals surface area contributed by atoms with Gasteiger partial charge in [-0.05, 0) is 26.2 Å². The van der Waals surface area contributed by atoms with Gasteiger partial charge in [0.1, 0.15) is 18.3 Å². The summed E-state index contributed by atoms with van der Waals surface area (Å²) in [6, 6.07) is 0. The van der Waals surface area contributed by atoms with E-state index in [1.807, 2.05) is 32.0 Å². The number of piperidine rings is 1. The van der Waals surface area contributed by atoms with Gasteiger partial charge < -0.3 is 18.8 Å². The molecule has 1 aliphatic heterocycles. The molecule has 2 aromatic heterocycles. The largest absolute Gasteiger partial charge is 0.372 e. The minimum Gasteiger partial charge on any atom is -0.372 e. The third kappa shape index (κ3) is 4.12. The Balaban J connectivity index is 1.65. The molecule has 0 N–H and O–H groups in total. The van der Waals surface area contributed by atoms with E-state index in [4.69, 9.17) is 4.74 Å². The number of amides is 1. The zero-order valence-electron chi connectivity index (χ0n) is 15.9. The van der Waals surface area contributed by atoms with Crippen molar-refractivity contribution in [2.24, 2.45) is 7.05 Å². The van der Waals surface area contributed by atoms with Crippen LogP contribution in [0.25, 0.3) is 0 Å². The molecule has 2 aromatic rings. The van der Waals surface area contributed by atoms with Gasteiger partial charge in [0.15, 0.2) is 5.82 Å². The molecule has 0 aromatic carbocycles. The summed E-state index contributed by atoms with van der Waals surface area (Å²) >= 11 is 0. The Morgan fingerprint density at radius 3 is 2.96 bits per heavy atom. The highest BCUT2D eigenvalue weighted by Crippen LogP contribution is 2.26. The molecule has 1 fully saturated rings. The average Bonchev–Trinajstić information content (AvgIpc) is 3.22. The van der Waals surface area contributed by atoms with E-state index in [0.717, 1.165) is 43.3 Å². The molecule has 1 saturated heterocycles. The van der Waals surface area contributed by atoms with Gasteiger partial charge in [0.25, 0.3) is 0 Å². The van der Waals surface area contributed by atoms with Crippen molar-refractivity contribution in [1.29, 1.82) is 0 Å². The molecule has 0 bridgehead atoms. The average molecular weight is 360 g/mol. The van der Waals surface area contributed by atoms with Gasteiger partial charge in [-0.3, -0.25) is 4.79 Å². The Hall–Kier alpha value is -2.22. The fourth-order valence-electron chi connectivity index (χ4n) is 3.40. The molecule has 1 aliphatic rings. The standard InChI is InChI=1S/C18H28N6O2/c1-4-10-26-13-17(25)24-8-5-6-15(11-24)18-21-20-16(22(18)3)12-23-9-7-19-14(23)2/h7,9,15H,4-6,8,10-13H2,1-3H3/t15-/m0/s1. The van der Waals surface area contributed by atoms with E-state index in [1.165, 1.54) is 0 Å². The number of imidazole rings is 1. The number of aryl methyl sites for hydroxylation is 1. The molecule has 142 valence electrons. The van der Waals surface area contributed by atoms with Gasteiger partial charge in [-0.1, -0.05) is 6.92 Å². The predicted molar refractivity (Wildman–Crippen MR) is 96.7 cm³/mol. The van der Waals surface area contributed by atoms with Crippen LogP contribution in [0, 0.1) is 6.92 Å². The molecule has 0 aliphatic carbocycles. The third-order valence-corrected chi connectivity index (χ3v) is 4.95. The fraction of sp³-hybridized carbons (Fsp3) is 0.667. The van der Waals surface area contributed by atoms with Crippen LogP contribution < -0.4 is 0 Å². The van der Waals surface area contributed by atoms with Gasteiger partial charge >= 0.3 is 0 Å². The zero-order valence-corrected chi connectivity index (χ0v) is 15.9. The van der Waals surface area contributed by atoms with Gasteiger partial charge in [-0.15, -0.1) is 10.2 Å². The first-order valence-electron chi connectivity index (χ1n) is 9.31. The van der Waals surface area contributed by atoms with Gasteiger partial charge in [0.05, 0.1) is 6.54 Å². The Morgan fingerprint density at radius 2 is 2.23 bits per heavy atom. The zero-order chi connectivity index (χ0) is 18.5. The molecule has 3 rings (SSSR count). The second kappa shape index (κ2) is 8.44. The van der Waals surface area contributed by atoms with Crippen molar-refractivity contribution < 1.29 is 9.53 Å². The van der Waals surface area contributed by atoms with Gasteiger partial charge in [0, 0.05) is 45.1 Å². The molecule has 0 radical (unpaired) electrons. The maximum absolute atomic E-state index is 12.3. The topological polar surface area (TPSA) is 78.1 Å². The van der Waals surface area contributed by atoms with Gasteiger partial charge in [-0.25, -0.2) is 4.98 Å². The number of likely N-dealkylation sites (tertiary alicyclic amines) is 1. The second-order valence-electron chi connectivity index (χ2n) is 6.87. The van der Waals surface area contributed by atoms with E-state index in [9.17, 15) is 4.79 Å². The Bertz CT molecular complexity index is 738. The van der Waals surface area contributed by atoms with E-state index in [1.54, 1.807) is 6.20 Å². The highest BCUT2D eigenvalue weighted by atomic mass is 16.5. The number of carbonyl (C=O) groups excluding carboxylic acids is 1. The molecule has 3 heterocycles. The van der Waals surface area contributed by atoms with Crippen molar-refractivity contribution in [2.45, 2.75) is 45.6 Å². The molecule has 0 spiro atoms. The summed E-state index contributed by atoms with van der Waals surface area (Å²) in [5.41, 5.74) is 0. The van der Waals surface area contributed by atoms with E-state index in [2.05, 4.69) is 24.3 Å². The van der Waals surface area contributed by atoms with Crippen LogP contribution in [0.3, 0.4) is 0 Å².